The molecule has 21 heavy (non-hydrogen) atoms. The van der Waals surface area contributed by atoms with Crippen molar-refractivity contribution >= 4 is 28.5 Å². The molecule has 5 heteroatoms. The molecule has 0 saturated heterocycles. The molecule has 0 fully saturated rings. The van der Waals surface area contributed by atoms with Crippen molar-refractivity contribution in [3.05, 3.63) is 40.0 Å². The van der Waals surface area contributed by atoms with E-state index in [0.717, 1.165) is 37.2 Å². The Bertz CT molecular complexity index is 715. The van der Waals surface area contributed by atoms with Crippen LogP contribution in [0.25, 0.3) is 10.9 Å². The van der Waals surface area contributed by atoms with Crippen LogP contribution in [0.1, 0.15) is 35.0 Å². The standard InChI is InChI=1S/C16H17ClN2O2/c1-2-6-19-7-5-13-12(9-19)15(16(20)21)11-4-3-10(17)8-14(11)18-13/h3-4,8H,2,5-7,9H2,1H3,(H,20,21). The van der Waals surface area contributed by atoms with Gasteiger partial charge in [0.1, 0.15) is 0 Å². The van der Waals surface area contributed by atoms with Crippen molar-refractivity contribution in [2.24, 2.45) is 0 Å². The first-order valence-corrected chi connectivity index (χ1v) is 7.54. The van der Waals surface area contributed by atoms with Crippen LogP contribution in [0.15, 0.2) is 18.2 Å². The lowest BCUT2D eigenvalue weighted by Gasteiger charge is -2.29. The number of fused-ring (bicyclic) bond motifs is 2. The van der Waals surface area contributed by atoms with Crippen LogP contribution in [0.4, 0.5) is 0 Å². The van der Waals surface area contributed by atoms with E-state index in [1.54, 1.807) is 18.2 Å². The Labute approximate surface area is 128 Å². The van der Waals surface area contributed by atoms with Crippen LogP contribution in [0.3, 0.4) is 0 Å². The Kier molecular flexibility index (Phi) is 3.83. The number of benzene rings is 1. The van der Waals surface area contributed by atoms with Crippen molar-refractivity contribution in [3.63, 3.8) is 0 Å². The first-order chi connectivity index (χ1) is 10.1. The molecule has 0 atom stereocenters. The number of hydrogen-bond donors (Lipinski definition) is 1. The molecule has 0 unspecified atom stereocenters. The molecule has 4 nitrogen and oxygen atoms in total. The van der Waals surface area contributed by atoms with Gasteiger partial charge in [-0.25, -0.2) is 4.79 Å². The Morgan fingerprint density at radius 3 is 3.00 bits per heavy atom. The van der Waals surface area contributed by atoms with Crippen molar-refractivity contribution < 1.29 is 9.90 Å². The van der Waals surface area contributed by atoms with Crippen LogP contribution >= 0.6 is 11.6 Å². The molecule has 0 aliphatic carbocycles. The number of aromatic nitrogens is 1. The Morgan fingerprint density at radius 1 is 1.48 bits per heavy atom. The summed E-state index contributed by atoms with van der Waals surface area (Å²) in [4.78, 5) is 18.7. The summed E-state index contributed by atoms with van der Waals surface area (Å²) in [5.74, 6) is -0.890. The molecule has 1 aliphatic heterocycles. The number of halogens is 1. The number of carboxylic acid groups (broad SMARTS) is 1. The van der Waals surface area contributed by atoms with Gasteiger partial charge in [-0.05, 0) is 25.1 Å². The highest BCUT2D eigenvalue weighted by Crippen LogP contribution is 2.29. The number of aromatic carboxylic acids is 1. The van der Waals surface area contributed by atoms with Crippen molar-refractivity contribution in [1.82, 2.24) is 9.88 Å². The molecule has 0 spiro atoms. The second-order valence-electron chi connectivity index (χ2n) is 5.40. The minimum atomic E-state index is -0.890. The zero-order chi connectivity index (χ0) is 15.0. The van der Waals surface area contributed by atoms with Crippen LogP contribution in [0.5, 0.6) is 0 Å². The van der Waals surface area contributed by atoms with Gasteiger partial charge in [-0.1, -0.05) is 24.6 Å². The lowest BCUT2D eigenvalue weighted by atomic mass is 9.96. The van der Waals surface area contributed by atoms with E-state index < -0.39 is 5.97 Å². The molecule has 3 rings (SSSR count). The molecular weight excluding hydrogens is 288 g/mol. The highest BCUT2D eigenvalue weighted by molar-refractivity contribution is 6.31. The van der Waals surface area contributed by atoms with Gasteiger partial charge >= 0.3 is 5.97 Å². The highest BCUT2D eigenvalue weighted by Gasteiger charge is 2.25. The van der Waals surface area contributed by atoms with Gasteiger partial charge in [0.2, 0.25) is 0 Å². The summed E-state index contributed by atoms with van der Waals surface area (Å²) < 4.78 is 0. The van der Waals surface area contributed by atoms with Gasteiger partial charge in [0.25, 0.3) is 0 Å². The van der Waals surface area contributed by atoms with Crippen LogP contribution < -0.4 is 0 Å². The van der Waals surface area contributed by atoms with Gasteiger partial charge in [0.05, 0.1) is 11.1 Å². The predicted octanol–water partition coefficient (Wildman–Crippen LogP) is 3.35. The molecule has 1 aliphatic rings. The average Bonchev–Trinajstić information content (AvgIpc) is 2.44. The highest BCUT2D eigenvalue weighted by atomic mass is 35.5. The van der Waals surface area contributed by atoms with Gasteiger partial charge in [-0.2, -0.15) is 0 Å². The lowest BCUT2D eigenvalue weighted by molar-refractivity contribution is 0.0695. The molecule has 0 amide bonds. The number of carbonyl (C=O) groups is 1. The zero-order valence-corrected chi connectivity index (χ0v) is 12.7. The maximum atomic E-state index is 11.8. The quantitative estimate of drug-likeness (QED) is 0.945. The summed E-state index contributed by atoms with van der Waals surface area (Å²) in [6.45, 7) is 4.71. The molecule has 0 radical (unpaired) electrons. The first-order valence-electron chi connectivity index (χ1n) is 7.16. The predicted molar refractivity (Wildman–Crippen MR) is 83.0 cm³/mol. The topological polar surface area (TPSA) is 53.4 Å². The van der Waals surface area contributed by atoms with E-state index in [1.165, 1.54) is 0 Å². The largest absolute Gasteiger partial charge is 0.478 e. The van der Waals surface area contributed by atoms with Crippen LogP contribution in [-0.2, 0) is 13.0 Å². The molecule has 2 aromatic rings. The molecule has 0 saturated carbocycles. The minimum absolute atomic E-state index is 0.382. The maximum Gasteiger partial charge on any atom is 0.336 e. The number of carboxylic acids is 1. The summed E-state index contributed by atoms with van der Waals surface area (Å²) in [6.07, 6.45) is 1.85. The van der Waals surface area contributed by atoms with E-state index in [9.17, 15) is 9.90 Å². The van der Waals surface area contributed by atoms with E-state index in [1.807, 2.05) is 0 Å². The van der Waals surface area contributed by atoms with Crippen molar-refractivity contribution in [2.45, 2.75) is 26.3 Å². The summed E-state index contributed by atoms with van der Waals surface area (Å²) in [6, 6.07) is 5.21. The summed E-state index contributed by atoms with van der Waals surface area (Å²) in [5, 5.41) is 10.9. The smallest absolute Gasteiger partial charge is 0.336 e. The second kappa shape index (κ2) is 5.62. The van der Waals surface area contributed by atoms with Crippen molar-refractivity contribution in [3.8, 4) is 0 Å². The molecular formula is C16H17ClN2O2. The monoisotopic (exact) mass is 304 g/mol. The lowest BCUT2D eigenvalue weighted by Crippen LogP contribution is -2.33. The first kappa shape index (κ1) is 14.3. The summed E-state index contributed by atoms with van der Waals surface area (Å²) in [7, 11) is 0. The Balaban J connectivity index is 2.20. The van der Waals surface area contributed by atoms with E-state index in [0.29, 0.717) is 28.0 Å². The van der Waals surface area contributed by atoms with Gasteiger partial charge in [-0.15, -0.1) is 0 Å². The third kappa shape index (κ3) is 2.61. The zero-order valence-electron chi connectivity index (χ0n) is 11.9. The molecule has 1 N–H and O–H groups in total. The molecule has 2 heterocycles. The second-order valence-corrected chi connectivity index (χ2v) is 5.84. The number of nitrogens with zero attached hydrogens (tertiary/aromatic N) is 2. The van der Waals surface area contributed by atoms with Crippen molar-refractivity contribution in [1.29, 1.82) is 0 Å². The van der Waals surface area contributed by atoms with Gasteiger partial charge < -0.3 is 5.11 Å². The Morgan fingerprint density at radius 2 is 2.29 bits per heavy atom. The average molecular weight is 305 g/mol. The van der Waals surface area contributed by atoms with E-state index in [2.05, 4.69) is 16.8 Å². The Hall–Kier alpha value is -1.65. The molecule has 0 bridgehead atoms. The molecule has 110 valence electrons. The fourth-order valence-electron chi connectivity index (χ4n) is 3.02. The minimum Gasteiger partial charge on any atom is -0.478 e. The van der Waals surface area contributed by atoms with Crippen LogP contribution in [-0.4, -0.2) is 34.0 Å². The fraction of sp³-hybridized carbons (Fsp3) is 0.375. The van der Waals surface area contributed by atoms with E-state index in [4.69, 9.17) is 11.6 Å². The van der Waals surface area contributed by atoms with Crippen LogP contribution in [0, 0.1) is 0 Å². The van der Waals surface area contributed by atoms with Gasteiger partial charge in [0.15, 0.2) is 0 Å². The number of pyridine rings is 1. The molecule has 1 aromatic heterocycles. The number of hydrogen-bond acceptors (Lipinski definition) is 3. The van der Waals surface area contributed by atoms with Crippen LogP contribution in [0.2, 0.25) is 5.02 Å². The fourth-order valence-corrected chi connectivity index (χ4v) is 3.19. The van der Waals surface area contributed by atoms with E-state index in [-0.39, 0.29) is 0 Å². The maximum absolute atomic E-state index is 11.8. The van der Waals surface area contributed by atoms with Crippen molar-refractivity contribution in [2.75, 3.05) is 13.1 Å². The summed E-state index contributed by atoms with van der Waals surface area (Å²) in [5.41, 5.74) is 2.81. The third-order valence-corrected chi connectivity index (χ3v) is 4.17. The third-order valence-electron chi connectivity index (χ3n) is 3.93. The normalized spacial score (nSPS) is 15.1. The van der Waals surface area contributed by atoms with Gasteiger partial charge in [-0.3, -0.25) is 9.88 Å². The van der Waals surface area contributed by atoms with E-state index >= 15 is 0 Å². The molecule has 1 aromatic carbocycles. The summed E-state index contributed by atoms with van der Waals surface area (Å²) >= 11 is 6.00. The number of rotatable bonds is 3. The van der Waals surface area contributed by atoms with Gasteiger partial charge in [0, 0.05) is 41.2 Å². The SMILES string of the molecule is CCCN1CCc2nc3cc(Cl)ccc3c(C(=O)O)c2C1.